The predicted molar refractivity (Wildman–Crippen MR) is 130 cm³/mol. The van der Waals surface area contributed by atoms with Crippen molar-refractivity contribution in [3.05, 3.63) is 41.2 Å². The maximum absolute atomic E-state index is 11.6. The zero-order valence-corrected chi connectivity index (χ0v) is 20.4. The first-order chi connectivity index (χ1) is 15.3. The summed E-state index contributed by atoms with van der Waals surface area (Å²) in [7, 11) is 1.00. The summed E-state index contributed by atoms with van der Waals surface area (Å²) in [6.07, 6.45) is 6.32. The Bertz CT molecular complexity index is 853. The van der Waals surface area contributed by atoms with Crippen LogP contribution in [0.25, 0.3) is 0 Å². The number of aliphatic hydroxyl groups excluding tert-OH is 1. The highest BCUT2D eigenvalue weighted by Gasteiger charge is 2.28. The van der Waals surface area contributed by atoms with E-state index in [2.05, 4.69) is 29.0 Å². The molecule has 0 amide bonds. The highest BCUT2D eigenvalue weighted by atomic mass is 35.5. The third-order valence-electron chi connectivity index (χ3n) is 5.36. The Balaban J connectivity index is 0.00000176. The van der Waals surface area contributed by atoms with Crippen molar-refractivity contribution in [1.82, 2.24) is 9.97 Å². The zero-order valence-electron chi connectivity index (χ0n) is 19.6. The molecule has 32 heavy (non-hydrogen) atoms. The monoisotopic (exact) mass is 462 g/mol. The maximum Gasteiger partial charge on any atom is 0.152 e. The van der Waals surface area contributed by atoms with Gasteiger partial charge in [0.1, 0.15) is 12.1 Å². The number of hydrogen-bond acceptors (Lipinski definition) is 7. The molecule has 0 unspecified atom stereocenters. The van der Waals surface area contributed by atoms with E-state index in [1.165, 1.54) is 0 Å². The van der Waals surface area contributed by atoms with Gasteiger partial charge in [-0.1, -0.05) is 25.4 Å². The first-order valence-corrected chi connectivity index (χ1v) is 11.3. The van der Waals surface area contributed by atoms with E-state index in [-0.39, 0.29) is 0 Å². The lowest BCUT2D eigenvalue weighted by atomic mass is 9.87. The summed E-state index contributed by atoms with van der Waals surface area (Å²) in [5, 5.41) is 11.0. The third kappa shape index (κ3) is 6.89. The fraction of sp³-hybridized carbons (Fsp3) is 0.542. The average Bonchev–Trinajstić information content (AvgIpc) is 2.81. The lowest BCUT2D eigenvalue weighted by molar-refractivity contribution is -0.111. The Morgan fingerprint density at radius 3 is 2.50 bits per heavy atom. The Kier molecular flexibility index (Phi) is 9.87. The number of ether oxygens (including phenoxy) is 1. The van der Waals surface area contributed by atoms with E-state index in [1.807, 2.05) is 32.2 Å². The number of aromatic nitrogens is 2. The van der Waals surface area contributed by atoms with Crippen LogP contribution < -0.4 is 10.2 Å². The van der Waals surface area contributed by atoms with E-state index in [4.69, 9.17) is 26.4 Å². The van der Waals surface area contributed by atoms with E-state index in [0.717, 1.165) is 63.1 Å². The molecule has 0 spiro atoms. The average molecular weight is 463 g/mol. The van der Waals surface area contributed by atoms with Gasteiger partial charge in [0.25, 0.3) is 0 Å². The molecule has 1 aliphatic rings. The van der Waals surface area contributed by atoms with Gasteiger partial charge in [-0.2, -0.15) is 0 Å². The van der Waals surface area contributed by atoms with Crippen LogP contribution in [-0.2, 0) is 14.9 Å². The largest absolute Gasteiger partial charge is 0.400 e. The maximum atomic E-state index is 11.6. The van der Waals surface area contributed by atoms with Crippen LogP contribution in [0.4, 0.5) is 17.3 Å². The number of aliphatic hydroxyl groups is 1. The number of carbonyl (C=O) groups excluding carboxylic acids is 1. The van der Waals surface area contributed by atoms with E-state index in [0.29, 0.717) is 22.8 Å². The van der Waals surface area contributed by atoms with Crippen LogP contribution in [0.2, 0.25) is 5.02 Å². The van der Waals surface area contributed by atoms with E-state index < -0.39 is 5.41 Å². The smallest absolute Gasteiger partial charge is 0.152 e. The van der Waals surface area contributed by atoms with Crippen LogP contribution in [0.15, 0.2) is 30.6 Å². The minimum atomic E-state index is -0.628. The molecule has 2 aromatic heterocycles. The zero-order chi connectivity index (χ0) is 23.7. The van der Waals surface area contributed by atoms with Gasteiger partial charge in [-0.25, -0.2) is 9.97 Å². The topological polar surface area (TPSA) is 87.6 Å². The van der Waals surface area contributed by atoms with Crippen molar-refractivity contribution in [2.24, 2.45) is 5.92 Å². The second-order valence-electron chi connectivity index (χ2n) is 8.81. The molecule has 2 N–H and O–H groups in total. The normalized spacial score (nSPS) is 14.5. The number of hydrogen-bond donors (Lipinski definition) is 2. The van der Waals surface area contributed by atoms with Gasteiger partial charge < -0.3 is 24.9 Å². The van der Waals surface area contributed by atoms with Crippen molar-refractivity contribution in [2.45, 2.75) is 52.0 Å². The van der Waals surface area contributed by atoms with Gasteiger partial charge in [0.2, 0.25) is 0 Å². The fourth-order valence-electron chi connectivity index (χ4n) is 3.59. The molecule has 0 aromatic carbocycles. The molecule has 1 aliphatic heterocycles. The quantitative estimate of drug-likeness (QED) is 0.554. The molecule has 1 fully saturated rings. The first kappa shape index (κ1) is 26.0. The van der Waals surface area contributed by atoms with Gasteiger partial charge in [-0.05, 0) is 56.4 Å². The van der Waals surface area contributed by atoms with Crippen LogP contribution in [0.1, 0.15) is 46.1 Å². The minimum absolute atomic E-state index is 0.359. The summed E-state index contributed by atoms with van der Waals surface area (Å²) in [4.78, 5) is 23.2. The molecule has 0 saturated carbocycles. The summed E-state index contributed by atoms with van der Waals surface area (Å²) in [6.45, 7) is 10.6. The van der Waals surface area contributed by atoms with Crippen molar-refractivity contribution < 1.29 is 14.6 Å². The van der Waals surface area contributed by atoms with Gasteiger partial charge in [-0.3, -0.25) is 0 Å². The third-order valence-corrected chi connectivity index (χ3v) is 5.58. The number of nitrogens with one attached hydrogen (secondary N) is 1. The van der Waals surface area contributed by atoms with Gasteiger partial charge >= 0.3 is 0 Å². The second-order valence-corrected chi connectivity index (χ2v) is 9.25. The lowest BCUT2D eigenvalue weighted by Crippen LogP contribution is -2.42. The predicted octanol–water partition coefficient (Wildman–Crippen LogP) is 4.60. The molecule has 7 nitrogen and oxygen atoms in total. The highest BCUT2D eigenvalue weighted by molar-refractivity contribution is 6.30. The van der Waals surface area contributed by atoms with Crippen LogP contribution in [0.3, 0.4) is 0 Å². The molecule has 3 rings (SSSR count). The molecule has 0 atom stereocenters. The number of pyridine rings is 2. The van der Waals surface area contributed by atoms with Crippen molar-refractivity contribution in [3.63, 3.8) is 0 Å². The van der Waals surface area contributed by atoms with E-state index in [1.54, 1.807) is 12.3 Å². The molecule has 8 heteroatoms. The summed E-state index contributed by atoms with van der Waals surface area (Å²) >= 11 is 6.00. The molecule has 176 valence electrons. The summed E-state index contributed by atoms with van der Waals surface area (Å²) in [5.74, 6) is 2.03. The lowest BCUT2D eigenvalue weighted by Gasteiger charge is -2.37. The van der Waals surface area contributed by atoms with Gasteiger partial charge in [0.15, 0.2) is 5.82 Å². The molecule has 2 aromatic rings. The first-order valence-electron chi connectivity index (χ1n) is 10.9. The molecule has 0 aliphatic carbocycles. The van der Waals surface area contributed by atoms with Gasteiger partial charge in [0, 0.05) is 50.7 Å². The number of nitrogens with zero attached hydrogens (tertiary/aromatic N) is 3. The van der Waals surface area contributed by atoms with E-state index >= 15 is 0 Å². The molecule has 1 saturated heterocycles. The molecular weight excluding hydrogens is 428 g/mol. The van der Waals surface area contributed by atoms with E-state index in [9.17, 15) is 4.79 Å². The Labute approximate surface area is 196 Å². The van der Waals surface area contributed by atoms with Crippen molar-refractivity contribution in [1.29, 1.82) is 0 Å². The van der Waals surface area contributed by atoms with Crippen molar-refractivity contribution >= 4 is 35.2 Å². The van der Waals surface area contributed by atoms with Crippen molar-refractivity contribution in [2.75, 3.05) is 37.1 Å². The van der Waals surface area contributed by atoms with Gasteiger partial charge in [0.05, 0.1) is 10.7 Å². The van der Waals surface area contributed by atoms with Crippen LogP contribution in [-0.4, -0.2) is 54.3 Å². The molecular formula is C24H35ClN4O3. The summed E-state index contributed by atoms with van der Waals surface area (Å²) < 4.78 is 5.58. The highest BCUT2D eigenvalue weighted by Crippen LogP contribution is 2.34. The Morgan fingerprint density at radius 1 is 1.25 bits per heavy atom. The second kappa shape index (κ2) is 12.1. The minimum Gasteiger partial charge on any atom is -0.400 e. The van der Waals surface area contributed by atoms with Gasteiger partial charge in [-0.15, -0.1) is 0 Å². The Morgan fingerprint density at radius 2 is 1.94 bits per heavy atom. The number of carbonyl (C=O) groups is 1. The fourth-order valence-corrected chi connectivity index (χ4v) is 3.70. The van der Waals surface area contributed by atoms with Crippen LogP contribution in [0, 0.1) is 5.92 Å². The molecule has 3 heterocycles. The van der Waals surface area contributed by atoms with Crippen molar-refractivity contribution in [3.8, 4) is 0 Å². The number of aldehydes is 1. The van der Waals surface area contributed by atoms with Crippen LogP contribution >= 0.6 is 11.6 Å². The molecule has 0 bridgehead atoms. The number of rotatable bonds is 8. The summed E-state index contributed by atoms with van der Waals surface area (Å²) in [6, 6.07) is 6.01. The summed E-state index contributed by atoms with van der Waals surface area (Å²) in [5.41, 5.74) is 1.07. The standard InChI is InChI=1S/C23H31ClN4O2.CH4O/c1-16(2)14-28(19-7-9-30-10-8-19)22-20(27-21-6-5-18(24)13-25-21)11-17(12-26-22)23(3,4)15-29;1-2/h5-6,11-13,15-16,19H,7-10,14H2,1-4H3,(H,25,27);2H,1H3. The number of halogens is 1. The van der Waals surface area contributed by atoms with Crippen LogP contribution in [0.5, 0.6) is 0 Å². The number of anilines is 3. The SMILES string of the molecule is CC(C)CN(c1ncc(C(C)(C)C=O)cc1Nc1ccc(Cl)cn1)C1CCOCC1.CO. The molecule has 0 radical (unpaired) electrons. The Hall–Kier alpha value is -2.22.